The van der Waals surface area contributed by atoms with Crippen LogP contribution in [-0.4, -0.2) is 56.8 Å². The SMILES string of the molecule is CO[C@H](c1ncc(Cl)cn1)[C@H](C)S(=O)(=O)Nc1nnc([C@@H]2CC[C@H](C)O2)n1Cc1ccon1. The van der Waals surface area contributed by atoms with Crippen molar-refractivity contribution in [2.75, 3.05) is 11.8 Å². The highest BCUT2D eigenvalue weighted by atomic mass is 35.5. The number of ether oxygens (including phenoxy) is 2. The summed E-state index contributed by atoms with van der Waals surface area (Å²) in [5.74, 6) is 0.741. The van der Waals surface area contributed by atoms with Gasteiger partial charge in [-0.1, -0.05) is 16.8 Å². The molecule has 1 N–H and O–H groups in total. The monoisotopic (exact) mass is 497 g/mol. The van der Waals surface area contributed by atoms with Gasteiger partial charge < -0.3 is 14.0 Å². The predicted molar refractivity (Wildman–Crippen MR) is 117 cm³/mol. The molecule has 4 atom stereocenters. The Labute approximate surface area is 195 Å². The Hall–Kier alpha value is -2.61. The minimum Gasteiger partial charge on any atom is -0.372 e. The summed E-state index contributed by atoms with van der Waals surface area (Å²) < 4.78 is 46.9. The Morgan fingerprint density at radius 3 is 2.67 bits per heavy atom. The van der Waals surface area contributed by atoms with E-state index in [1.54, 1.807) is 10.6 Å². The van der Waals surface area contributed by atoms with Crippen LogP contribution in [0.25, 0.3) is 0 Å². The van der Waals surface area contributed by atoms with Gasteiger partial charge in [0.2, 0.25) is 16.0 Å². The summed E-state index contributed by atoms with van der Waals surface area (Å²) in [6, 6.07) is 1.68. The van der Waals surface area contributed by atoms with E-state index in [-0.39, 0.29) is 30.5 Å². The first kappa shape index (κ1) is 23.5. The average Bonchev–Trinajstić information content (AvgIpc) is 3.53. The van der Waals surface area contributed by atoms with E-state index in [9.17, 15) is 8.42 Å². The fourth-order valence-electron chi connectivity index (χ4n) is 3.62. The van der Waals surface area contributed by atoms with Crippen molar-refractivity contribution in [3.05, 3.63) is 47.1 Å². The Morgan fingerprint density at radius 2 is 2.06 bits per heavy atom. The molecular weight excluding hydrogens is 474 g/mol. The van der Waals surface area contributed by atoms with Crippen LogP contribution in [0.2, 0.25) is 5.02 Å². The molecule has 33 heavy (non-hydrogen) atoms. The fourth-order valence-corrected chi connectivity index (χ4v) is 4.86. The van der Waals surface area contributed by atoms with Gasteiger partial charge >= 0.3 is 0 Å². The molecule has 4 heterocycles. The van der Waals surface area contributed by atoms with Gasteiger partial charge in [0.05, 0.1) is 17.7 Å². The van der Waals surface area contributed by atoms with Crippen LogP contribution in [-0.2, 0) is 26.0 Å². The van der Waals surface area contributed by atoms with Crippen molar-refractivity contribution in [2.24, 2.45) is 0 Å². The highest BCUT2D eigenvalue weighted by molar-refractivity contribution is 7.93. The van der Waals surface area contributed by atoms with Gasteiger partial charge in [0, 0.05) is 25.6 Å². The molecule has 0 spiro atoms. The van der Waals surface area contributed by atoms with Crippen molar-refractivity contribution < 1.29 is 22.4 Å². The van der Waals surface area contributed by atoms with Crippen molar-refractivity contribution in [3.63, 3.8) is 0 Å². The van der Waals surface area contributed by atoms with E-state index < -0.39 is 21.4 Å². The number of anilines is 1. The number of methoxy groups -OCH3 is 1. The molecule has 178 valence electrons. The molecule has 3 aromatic heterocycles. The standard InChI is InChI=1S/C19H24ClN7O5S/c1-11-4-5-15(32-11)18-23-24-19(27(18)10-14-6-7-31-25-14)26-33(28,29)12(2)16(30-3)17-21-8-13(20)9-22-17/h6-9,11-12,15-16H,4-5,10H2,1-3H3,(H,24,26)/t11-,12-,15-,16-/m0/s1. The van der Waals surface area contributed by atoms with Crippen LogP contribution in [0.3, 0.4) is 0 Å². The Morgan fingerprint density at radius 1 is 1.30 bits per heavy atom. The summed E-state index contributed by atoms with van der Waals surface area (Å²) in [7, 11) is -2.61. The van der Waals surface area contributed by atoms with E-state index in [1.165, 1.54) is 32.7 Å². The first-order chi connectivity index (χ1) is 15.8. The highest BCUT2D eigenvalue weighted by Crippen LogP contribution is 2.33. The lowest BCUT2D eigenvalue weighted by Crippen LogP contribution is -2.33. The molecule has 0 unspecified atom stereocenters. The minimum atomic E-state index is -4.00. The maximum atomic E-state index is 13.3. The molecule has 1 fully saturated rings. The van der Waals surface area contributed by atoms with E-state index in [4.69, 9.17) is 25.6 Å². The molecule has 1 aliphatic heterocycles. The van der Waals surface area contributed by atoms with Crippen LogP contribution in [0.1, 0.15) is 56.2 Å². The molecule has 12 nitrogen and oxygen atoms in total. The number of sulfonamides is 1. The molecule has 0 saturated carbocycles. The van der Waals surface area contributed by atoms with Gasteiger partial charge in [-0.15, -0.1) is 10.2 Å². The zero-order valence-corrected chi connectivity index (χ0v) is 19.8. The Kier molecular flexibility index (Phi) is 6.93. The van der Waals surface area contributed by atoms with Crippen LogP contribution in [0, 0.1) is 0 Å². The molecule has 14 heteroatoms. The Bertz CT molecular complexity index is 1170. The normalized spacial score (nSPS) is 20.6. The van der Waals surface area contributed by atoms with Gasteiger partial charge in [-0.3, -0.25) is 9.29 Å². The van der Waals surface area contributed by atoms with Crippen LogP contribution in [0.4, 0.5) is 5.95 Å². The van der Waals surface area contributed by atoms with Gasteiger partial charge in [0.15, 0.2) is 11.6 Å². The number of nitrogens with one attached hydrogen (secondary N) is 1. The molecule has 0 amide bonds. The molecule has 3 aromatic rings. The first-order valence-electron chi connectivity index (χ1n) is 10.3. The number of halogens is 1. The van der Waals surface area contributed by atoms with Crippen molar-refractivity contribution in [1.82, 2.24) is 29.9 Å². The third kappa shape index (κ3) is 5.16. The van der Waals surface area contributed by atoms with Crippen LogP contribution in [0.5, 0.6) is 0 Å². The number of rotatable bonds is 9. The first-order valence-corrected chi connectivity index (χ1v) is 12.2. The van der Waals surface area contributed by atoms with E-state index in [2.05, 4.69) is 30.0 Å². The van der Waals surface area contributed by atoms with Gasteiger partial charge in [-0.2, -0.15) is 0 Å². The summed E-state index contributed by atoms with van der Waals surface area (Å²) in [5.41, 5.74) is 0.583. The smallest absolute Gasteiger partial charge is 0.240 e. The summed E-state index contributed by atoms with van der Waals surface area (Å²) in [6.07, 6.45) is 4.66. The summed E-state index contributed by atoms with van der Waals surface area (Å²) >= 11 is 5.84. The third-order valence-electron chi connectivity index (χ3n) is 5.41. The second-order valence-corrected chi connectivity index (χ2v) is 10.2. The topological polar surface area (TPSA) is 147 Å². The number of aromatic nitrogens is 6. The second-order valence-electron chi connectivity index (χ2n) is 7.74. The third-order valence-corrected chi connectivity index (χ3v) is 7.30. The second kappa shape index (κ2) is 9.71. The molecule has 0 aliphatic carbocycles. The maximum absolute atomic E-state index is 13.3. The van der Waals surface area contributed by atoms with Crippen molar-refractivity contribution >= 4 is 27.6 Å². The molecule has 1 saturated heterocycles. The van der Waals surface area contributed by atoms with Crippen LogP contribution < -0.4 is 4.72 Å². The van der Waals surface area contributed by atoms with Gasteiger partial charge in [-0.25, -0.2) is 18.4 Å². The number of hydrogen-bond donors (Lipinski definition) is 1. The minimum absolute atomic E-state index is 0.0369. The highest BCUT2D eigenvalue weighted by Gasteiger charge is 2.35. The van der Waals surface area contributed by atoms with Crippen molar-refractivity contribution in [1.29, 1.82) is 0 Å². The number of nitrogens with zero attached hydrogens (tertiary/aromatic N) is 6. The van der Waals surface area contributed by atoms with Gasteiger partial charge in [0.25, 0.3) is 0 Å². The van der Waals surface area contributed by atoms with E-state index in [1.807, 2.05) is 6.92 Å². The van der Waals surface area contributed by atoms with Gasteiger partial charge in [-0.05, 0) is 26.7 Å². The summed E-state index contributed by atoms with van der Waals surface area (Å²) in [6.45, 7) is 3.68. The zero-order chi connectivity index (χ0) is 23.6. The molecule has 4 rings (SSSR count). The molecule has 1 aliphatic rings. The van der Waals surface area contributed by atoms with E-state index in [0.717, 1.165) is 12.8 Å². The maximum Gasteiger partial charge on any atom is 0.240 e. The van der Waals surface area contributed by atoms with Crippen molar-refractivity contribution in [2.45, 2.75) is 56.8 Å². The fraction of sp³-hybridized carbons (Fsp3) is 0.526. The lowest BCUT2D eigenvalue weighted by Gasteiger charge is -2.22. The Balaban J connectivity index is 1.62. The molecule has 0 radical (unpaired) electrons. The lowest BCUT2D eigenvalue weighted by atomic mass is 10.2. The zero-order valence-electron chi connectivity index (χ0n) is 18.3. The van der Waals surface area contributed by atoms with E-state index >= 15 is 0 Å². The average molecular weight is 498 g/mol. The summed E-state index contributed by atoms with van der Waals surface area (Å²) in [5, 5.41) is 11.5. The van der Waals surface area contributed by atoms with Gasteiger partial charge in [0.1, 0.15) is 29.4 Å². The van der Waals surface area contributed by atoms with Crippen molar-refractivity contribution in [3.8, 4) is 0 Å². The number of hydrogen-bond acceptors (Lipinski definition) is 10. The van der Waals surface area contributed by atoms with Crippen LogP contribution >= 0.6 is 11.6 Å². The predicted octanol–water partition coefficient (Wildman–Crippen LogP) is 2.52. The molecular formula is C19H24ClN7O5S. The largest absolute Gasteiger partial charge is 0.372 e. The molecule has 0 bridgehead atoms. The molecule has 0 aromatic carbocycles. The summed E-state index contributed by atoms with van der Waals surface area (Å²) in [4.78, 5) is 8.19. The van der Waals surface area contributed by atoms with Crippen LogP contribution in [0.15, 0.2) is 29.2 Å². The van der Waals surface area contributed by atoms with E-state index in [0.29, 0.717) is 16.5 Å². The quantitative estimate of drug-likeness (QED) is 0.467. The lowest BCUT2D eigenvalue weighted by molar-refractivity contribution is 0.0482.